The zero-order valence-electron chi connectivity index (χ0n) is 12.7. The quantitative estimate of drug-likeness (QED) is 0.619. The Labute approximate surface area is 134 Å². The van der Waals surface area contributed by atoms with E-state index in [4.69, 9.17) is 9.47 Å². The molecule has 0 saturated carbocycles. The number of carbonyl (C=O) groups excluding carboxylic acids is 2. The number of carbonyl (C=O) groups is 2. The maximum atomic E-state index is 12.3. The molecule has 23 heavy (non-hydrogen) atoms. The minimum atomic E-state index is -0.578. The van der Waals surface area contributed by atoms with E-state index >= 15 is 0 Å². The summed E-state index contributed by atoms with van der Waals surface area (Å²) in [5.74, 6) is -1.01. The van der Waals surface area contributed by atoms with Crippen molar-refractivity contribution in [3.05, 3.63) is 77.9 Å². The highest BCUT2D eigenvalue weighted by atomic mass is 16.5. The lowest BCUT2D eigenvalue weighted by atomic mass is 10.1. The highest BCUT2D eigenvalue weighted by Crippen LogP contribution is 2.23. The molecular weight excluding hydrogens is 292 g/mol. The van der Waals surface area contributed by atoms with Gasteiger partial charge in [-0.1, -0.05) is 43.5 Å². The molecule has 0 N–H and O–H groups in total. The number of rotatable bonds is 5. The lowest BCUT2D eigenvalue weighted by Crippen LogP contribution is -2.12. The van der Waals surface area contributed by atoms with E-state index in [0.29, 0.717) is 5.56 Å². The van der Waals surface area contributed by atoms with E-state index in [1.807, 2.05) is 0 Å². The third kappa shape index (κ3) is 3.74. The molecule has 0 aliphatic rings. The Kier molecular flexibility index (Phi) is 5.10. The Bertz CT molecular complexity index is 757. The normalized spacial score (nSPS) is 9.78. The first-order valence-corrected chi connectivity index (χ1v) is 6.88. The molecule has 0 saturated heterocycles. The second-order valence-electron chi connectivity index (χ2n) is 4.67. The van der Waals surface area contributed by atoms with Gasteiger partial charge in [-0.15, -0.1) is 0 Å². The SMILES string of the molecule is C=Cc1ccc(C(=O)Oc2cc(C=C)ccc2C(=O)OC)cc1. The molecule has 0 amide bonds. The van der Waals surface area contributed by atoms with Crippen LogP contribution in [0.1, 0.15) is 31.8 Å². The molecule has 116 valence electrons. The largest absolute Gasteiger partial charge is 0.465 e. The van der Waals surface area contributed by atoms with Crippen LogP contribution in [0.5, 0.6) is 5.75 Å². The van der Waals surface area contributed by atoms with E-state index in [2.05, 4.69) is 13.2 Å². The van der Waals surface area contributed by atoms with Gasteiger partial charge in [0.1, 0.15) is 11.3 Å². The topological polar surface area (TPSA) is 52.6 Å². The number of hydrogen-bond acceptors (Lipinski definition) is 4. The number of hydrogen-bond donors (Lipinski definition) is 0. The van der Waals surface area contributed by atoms with Crippen molar-refractivity contribution in [2.45, 2.75) is 0 Å². The Morgan fingerprint density at radius 1 is 0.913 bits per heavy atom. The zero-order chi connectivity index (χ0) is 16.8. The molecule has 2 rings (SSSR count). The fourth-order valence-corrected chi connectivity index (χ4v) is 1.94. The molecule has 0 unspecified atom stereocenters. The van der Waals surface area contributed by atoms with Crippen molar-refractivity contribution in [3.63, 3.8) is 0 Å². The summed E-state index contributed by atoms with van der Waals surface area (Å²) in [6, 6.07) is 11.6. The lowest BCUT2D eigenvalue weighted by molar-refractivity contribution is 0.0593. The smallest absolute Gasteiger partial charge is 0.343 e. The van der Waals surface area contributed by atoms with Crippen LogP contribution in [0.4, 0.5) is 0 Å². The van der Waals surface area contributed by atoms with Crippen molar-refractivity contribution < 1.29 is 19.1 Å². The van der Waals surface area contributed by atoms with Crippen molar-refractivity contribution in [3.8, 4) is 5.75 Å². The maximum Gasteiger partial charge on any atom is 0.343 e. The first-order valence-electron chi connectivity index (χ1n) is 6.88. The summed E-state index contributed by atoms with van der Waals surface area (Å²) < 4.78 is 10.1. The molecule has 0 bridgehead atoms. The van der Waals surface area contributed by atoms with Crippen LogP contribution in [0, 0.1) is 0 Å². The zero-order valence-corrected chi connectivity index (χ0v) is 12.7. The summed E-state index contributed by atoms with van der Waals surface area (Å²) in [5, 5.41) is 0. The standard InChI is InChI=1S/C19H16O4/c1-4-13-6-9-15(10-7-13)18(20)23-17-12-14(5-2)8-11-16(17)19(21)22-3/h4-12H,1-2H2,3H3. The fraction of sp³-hybridized carbons (Fsp3) is 0.0526. The van der Waals surface area contributed by atoms with Crippen molar-refractivity contribution in [1.82, 2.24) is 0 Å². The molecule has 0 aliphatic heterocycles. The van der Waals surface area contributed by atoms with Gasteiger partial charge in [-0.25, -0.2) is 9.59 Å². The van der Waals surface area contributed by atoms with Gasteiger partial charge in [0.2, 0.25) is 0 Å². The average Bonchev–Trinajstić information content (AvgIpc) is 2.60. The van der Waals surface area contributed by atoms with Gasteiger partial charge < -0.3 is 9.47 Å². The van der Waals surface area contributed by atoms with E-state index in [9.17, 15) is 9.59 Å². The van der Waals surface area contributed by atoms with E-state index < -0.39 is 11.9 Å². The van der Waals surface area contributed by atoms with Crippen LogP contribution in [-0.4, -0.2) is 19.0 Å². The molecule has 0 fully saturated rings. The third-order valence-electron chi connectivity index (χ3n) is 3.23. The predicted octanol–water partition coefficient (Wildman–Crippen LogP) is 3.98. The van der Waals surface area contributed by atoms with Gasteiger partial charge in [0, 0.05) is 0 Å². The molecule has 0 atom stereocenters. The molecule has 0 spiro atoms. The third-order valence-corrected chi connectivity index (χ3v) is 3.23. The van der Waals surface area contributed by atoms with Gasteiger partial charge in [0.25, 0.3) is 0 Å². The van der Waals surface area contributed by atoms with Gasteiger partial charge in [-0.05, 0) is 35.4 Å². The molecule has 0 aliphatic carbocycles. The van der Waals surface area contributed by atoms with Gasteiger partial charge in [0.15, 0.2) is 0 Å². The van der Waals surface area contributed by atoms with Crippen LogP contribution in [0.2, 0.25) is 0 Å². The molecule has 4 heteroatoms. The van der Waals surface area contributed by atoms with E-state index in [1.165, 1.54) is 13.2 Å². The first-order chi connectivity index (χ1) is 11.1. The number of methoxy groups -OCH3 is 1. The summed E-state index contributed by atoms with van der Waals surface area (Å²) in [7, 11) is 1.27. The van der Waals surface area contributed by atoms with E-state index in [-0.39, 0.29) is 11.3 Å². The van der Waals surface area contributed by atoms with Crippen LogP contribution in [-0.2, 0) is 4.74 Å². The van der Waals surface area contributed by atoms with Gasteiger partial charge in [-0.2, -0.15) is 0 Å². The van der Waals surface area contributed by atoms with Crippen molar-refractivity contribution in [1.29, 1.82) is 0 Å². The molecule has 0 aromatic heterocycles. The van der Waals surface area contributed by atoms with Crippen LogP contribution in [0.15, 0.2) is 55.6 Å². The number of esters is 2. The van der Waals surface area contributed by atoms with Crippen LogP contribution in [0.25, 0.3) is 12.2 Å². The summed E-state index contributed by atoms with van der Waals surface area (Å²) in [4.78, 5) is 24.0. The summed E-state index contributed by atoms with van der Waals surface area (Å²) >= 11 is 0. The molecule has 2 aromatic rings. The average molecular weight is 308 g/mol. The maximum absolute atomic E-state index is 12.3. The number of benzene rings is 2. The van der Waals surface area contributed by atoms with E-state index in [1.54, 1.807) is 48.6 Å². The Hall–Kier alpha value is -3.14. The van der Waals surface area contributed by atoms with Gasteiger partial charge >= 0.3 is 11.9 Å². The Morgan fingerprint density at radius 3 is 2.09 bits per heavy atom. The minimum Gasteiger partial charge on any atom is -0.465 e. The fourth-order valence-electron chi connectivity index (χ4n) is 1.94. The highest BCUT2D eigenvalue weighted by molar-refractivity contribution is 5.96. The summed E-state index contributed by atoms with van der Waals surface area (Å²) in [5.41, 5.74) is 2.16. The Balaban J connectivity index is 2.32. The molecule has 2 aromatic carbocycles. The van der Waals surface area contributed by atoms with Gasteiger partial charge in [0.05, 0.1) is 12.7 Å². The number of ether oxygens (including phenoxy) is 2. The Morgan fingerprint density at radius 2 is 1.52 bits per heavy atom. The second kappa shape index (κ2) is 7.22. The van der Waals surface area contributed by atoms with Crippen molar-refractivity contribution in [2.75, 3.05) is 7.11 Å². The molecule has 0 radical (unpaired) electrons. The summed E-state index contributed by atoms with van der Waals surface area (Å²) in [6.07, 6.45) is 3.27. The van der Waals surface area contributed by atoms with Crippen LogP contribution >= 0.6 is 0 Å². The lowest BCUT2D eigenvalue weighted by Gasteiger charge is -2.10. The minimum absolute atomic E-state index is 0.132. The molecule has 0 heterocycles. The van der Waals surface area contributed by atoms with Crippen molar-refractivity contribution in [2.24, 2.45) is 0 Å². The second-order valence-corrected chi connectivity index (χ2v) is 4.67. The van der Waals surface area contributed by atoms with E-state index in [0.717, 1.165) is 11.1 Å². The highest BCUT2D eigenvalue weighted by Gasteiger charge is 2.17. The van der Waals surface area contributed by atoms with Crippen LogP contribution in [0.3, 0.4) is 0 Å². The first kappa shape index (κ1) is 16.2. The predicted molar refractivity (Wildman–Crippen MR) is 89.4 cm³/mol. The van der Waals surface area contributed by atoms with Gasteiger partial charge in [-0.3, -0.25) is 0 Å². The molecular formula is C19H16O4. The monoisotopic (exact) mass is 308 g/mol. The summed E-state index contributed by atoms with van der Waals surface area (Å²) in [6.45, 7) is 7.31. The van der Waals surface area contributed by atoms with Crippen LogP contribution < -0.4 is 4.74 Å². The van der Waals surface area contributed by atoms with Crippen molar-refractivity contribution >= 4 is 24.1 Å². The molecule has 4 nitrogen and oxygen atoms in total.